The zero-order chi connectivity index (χ0) is 42.8. The van der Waals surface area contributed by atoms with Crippen LogP contribution in [0.4, 0.5) is 17.1 Å². The molecule has 2 heterocycles. The minimum absolute atomic E-state index is 1.01. The van der Waals surface area contributed by atoms with Crippen molar-refractivity contribution in [2.75, 3.05) is 4.90 Å². The van der Waals surface area contributed by atoms with Crippen molar-refractivity contribution in [3.05, 3.63) is 236 Å². The number of rotatable bonds is 7. The van der Waals surface area contributed by atoms with Crippen LogP contribution in [0.1, 0.15) is 17.7 Å². The Morgan fingerprint density at radius 2 is 0.985 bits per heavy atom. The van der Waals surface area contributed by atoms with E-state index < -0.39 is 0 Å². The Labute approximate surface area is 382 Å². The maximum atomic E-state index is 2.53. The maximum Gasteiger partial charge on any atom is 0.0537 e. The van der Waals surface area contributed by atoms with Gasteiger partial charge in [-0.1, -0.05) is 158 Å². The van der Waals surface area contributed by atoms with Crippen LogP contribution in [0.15, 0.2) is 224 Å². The summed E-state index contributed by atoms with van der Waals surface area (Å²) in [5, 5.41) is 9.04. The van der Waals surface area contributed by atoms with Crippen LogP contribution < -0.4 is 4.90 Å². The van der Waals surface area contributed by atoms with Crippen LogP contribution in [0.25, 0.3) is 97.8 Å². The molecule has 0 atom stereocenters. The summed E-state index contributed by atoms with van der Waals surface area (Å²) in [6, 6.07) is 80.6. The third-order valence-electron chi connectivity index (χ3n) is 13.5. The quantitative estimate of drug-likeness (QED) is 0.145. The summed E-state index contributed by atoms with van der Waals surface area (Å²) in [6.07, 6.45) is 6.69. The molecule has 12 aromatic rings. The Bertz CT molecular complexity index is 3820. The van der Waals surface area contributed by atoms with Gasteiger partial charge >= 0.3 is 0 Å². The summed E-state index contributed by atoms with van der Waals surface area (Å²) >= 11 is 1.87. The monoisotopic (exact) mass is 846 g/mol. The first-order chi connectivity index (χ1) is 32.2. The third-order valence-corrected chi connectivity index (χ3v) is 14.6. The molecule has 2 aromatic heterocycles. The third kappa shape index (κ3) is 6.31. The lowest BCUT2D eigenvalue weighted by Crippen LogP contribution is -2.09. The maximum absolute atomic E-state index is 2.53. The second kappa shape index (κ2) is 15.4. The number of hydrogen-bond acceptors (Lipinski definition) is 2. The van der Waals surface area contributed by atoms with E-state index in [0.29, 0.717) is 0 Å². The topological polar surface area (TPSA) is 8.17 Å². The van der Waals surface area contributed by atoms with Gasteiger partial charge in [0.25, 0.3) is 0 Å². The number of benzene rings is 10. The molecule has 65 heavy (non-hydrogen) atoms. The lowest BCUT2D eigenvalue weighted by molar-refractivity contribution is 0.889. The molecule has 0 bridgehead atoms. The van der Waals surface area contributed by atoms with E-state index >= 15 is 0 Å². The fourth-order valence-corrected chi connectivity index (χ4v) is 11.5. The smallest absolute Gasteiger partial charge is 0.0537 e. The van der Waals surface area contributed by atoms with Gasteiger partial charge in [0.1, 0.15) is 0 Å². The molecule has 0 radical (unpaired) electrons. The highest BCUT2D eigenvalue weighted by Gasteiger charge is 2.22. The normalized spacial score (nSPS) is 12.4. The molecule has 0 saturated heterocycles. The van der Waals surface area contributed by atoms with Crippen LogP contribution >= 0.6 is 11.3 Å². The van der Waals surface area contributed by atoms with E-state index in [4.69, 9.17) is 0 Å². The van der Waals surface area contributed by atoms with Crippen molar-refractivity contribution in [1.82, 2.24) is 4.57 Å². The fourth-order valence-electron chi connectivity index (χ4n) is 10.4. The molecule has 3 heteroatoms. The van der Waals surface area contributed by atoms with Crippen LogP contribution in [0.2, 0.25) is 0 Å². The van der Waals surface area contributed by atoms with Crippen molar-refractivity contribution >= 4 is 87.1 Å². The minimum atomic E-state index is 1.01. The minimum Gasteiger partial charge on any atom is -0.312 e. The Morgan fingerprint density at radius 1 is 0.400 bits per heavy atom. The number of anilines is 3. The largest absolute Gasteiger partial charge is 0.312 e. The zero-order valence-corrected chi connectivity index (χ0v) is 36.5. The van der Waals surface area contributed by atoms with E-state index in [1.165, 1.54) is 103 Å². The standard InChI is InChI=1S/C62H42N2S/c1-2-15-46(16-3-1)63(47-32-26-41(27-33-47)56-39-45-14-4-5-17-49(45)50-18-6-7-19-51(50)56)48-34-28-42(29-35-48)57-38-43(44-30-36-55-54-22-10-13-25-61(54)65-62(55)40-44)31-37-60(57)64-58-23-11-8-20-52(58)53-21-9-12-24-59(53)64/h1-11,13-23,25-40H,12,24H2. The zero-order valence-electron chi connectivity index (χ0n) is 35.7. The first-order valence-electron chi connectivity index (χ1n) is 22.5. The Balaban J connectivity index is 0.936. The highest BCUT2D eigenvalue weighted by atomic mass is 32.1. The van der Waals surface area contributed by atoms with Gasteiger partial charge in [-0.2, -0.15) is 0 Å². The van der Waals surface area contributed by atoms with Gasteiger partial charge in [0.15, 0.2) is 0 Å². The summed E-state index contributed by atoms with van der Waals surface area (Å²) in [4.78, 5) is 2.37. The molecule has 10 aromatic carbocycles. The van der Waals surface area contributed by atoms with Gasteiger partial charge in [-0.25, -0.2) is 0 Å². The molecule has 0 fully saturated rings. The van der Waals surface area contributed by atoms with Crippen LogP contribution in [-0.2, 0) is 6.42 Å². The van der Waals surface area contributed by atoms with E-state index in [2.05, 4.69) is 240 Å². The molecular weight excluding hydrogens is 805 g/mol. The van der Waals surface area contributed by atoms with Gasteiger partial charge < -0.3 is 9.47 Å². The Morgan fingerprint density at radius 3 is 1.78 bits per heavy atom. The van der Waals surface area contributed by atoms with E-state index in [1.54, 1.807) is 0 Å². The molecule has 306 valence electrons. The molecule has 1 aliphatic rings. The van der Waals surface area contributed by atoms with Gasteiger partial charge in [-0.15, -0.1) is 11.3 Å². The second-order valence-electron chi connectivity index (χ2n) is 17.2. The van der Waals surface area contributed by atoms with Gasteiger partial charge in [-0.3, -0.25) is 0 Å². The average molecular weight is 847 g/mol. The molecule has 2 nitrogen and oxygen atoms in total. The Hall–Kier alpha value is -7.98. The van der Waals surface area contributed by atoms with E-state index in [9.17, 15) is 0 Å². The summed E-state index contributed by atoms with van der Waals surface area (Å²) in [5.74, 6) is 0. The molecule has 0 unspecified atom stereocenters. The molecular formula is C62H42N2S. The van der Waals surface area contributed by atoms with Crippen molar-refractivity contribution in [3.8, 4) is 39.1 Å². The summed E-state index contributed by atoms with van der Waals surface area (Å²) in [5.41, 5.74) is 15.8. The molecule has 0 spiro atoms. The fraction of sp³-hybridized carbons (Fsp3) is 0.0323. The Kier molecular flexibility index (Phi) is 8.89. The van der Waals surface area contributed by atoms with Crippen molar-refractivity contribution in [2.24, 2.45) is 0 Å². The number of para-hydroxylation sites is 2. The number of nitrogens with zero attached hydrogens (tertiary/aromatic N) is 2. The first-order valence-corrected chi connectivity index (χ1v) is 23.4. The highest BCUT2D eigenvalue weighted by Crippen LogP contribution is 2.43. The lowest BCUT2D eigenvalue weighted by Gasteiger charge is -2.26. The van der Waals surface area contributed by atoms with E-state index in [-0.39, 0.29) is 0 Å². The van der Waals surface area contributed by atoms with Crippen LogP contribution in [0, 0.1) is 0 Å². The van der Waals surface area contributed by atoms with Crippen molar-refractivity contribution in [3.63, 3.8) is 0 Å². The van der Waals surface area contributed by atoms with E-state index in [0.717, 1.165) is 29.9 Å². The summed E-state index contributed by atoms with van der Waals surface area (Å²) < 4.78 is 5.18. The molecule has 0 saturated carbocycles. The molecule has 0 N–H and O–H groups in total. The van der Waals surface area contributed by atoms with Gasteiger partial charge in [0.05, 0.1) is 11.2 Å². The summed E-state index contributed by atoms with van der Waals surface area (Å²) in [6.45, 7) is 0. The van der Waals surface area contributed by atoms with Crippen molar-refractivity contribution in [2.45, 2.75) is 12.8 Å². The number of allylic oxidation sites excluding steroid dienone is 1. The number of fused-ring (bicyclic) bond motifs is 9. The second-order valence-corrected chi connectivity index (χ2v) is 18.2. The van der Waals surface area contributed by atoms with Crippen molar-refractivity contribution in [1.29, 1.82) is 0 Å². The lowest BCUT2D eigenvalue weighted by atomic mass is 9.93. The molecule has 13 rings (SSSR count). The predicted molar refractivity (Wildman–Crippen MR) is 280 cm³/mol. The molecule has 0 aliphatic heterocycles. The van der Waals surface area contributed by atoms with Crippen LogP contribution in [-0.4, -0.2) is 4.57 Å². The van der Waals surface area contributed by atoms with Crippen molar-refractivity contribution < 1.29 is 0 Å². The van der Waals surface area contributed by atoms with Crippen LogP contribution in [0.3, 0.4) is 0 Å². The average Bonchev–Trinajstić information content (AvgIpc) is 3.92. The molecule has 1 aliphatic carbocycles. The van der Waals surface area contributed by atoms with Gasteiger partial charge in [-0.05, 0) is 135 Å². The van der Waals surface area contributed by atoms with Crippen LogP contribution in [0.5, 0.6) is 0 Å². The highest BCUT2D eigenvalue weighted by molar-refractivity contribution is 7.25. The molecule has 0 amide bonds. The summed E-state index contributed by atoms with van der Waals surface area (Å²) in [7, 11) is 0. The van der Waals surface area contributed by atoms with Gasteiger partial charge in [0, 0.05) is 59.4 Å². The number of hydrogen-bond donors (Lipinski definition) is 0. The number of thiophene rings is 1. The number of aromatic nitrogens is 1. The van der Waals surface area contributed by atoms with E-state index in [1.807, 2.05) is 11.3 Å². The predicted octanol–water partition coefficient (Wildman–Crippen LogP) is 17.7. The van der Waals surface area contributed by atoms with Gasteiger partial charge in [0.2, 0.25) is 0 Å². The first kappa shape index (κ1) is 37.6. The SMILES string of the molecule is C1=Cc2c(n(-c3ccc(-c4ccc5c(c4)sc4ccccc45)cc3-c3ccc(N(c4ccccc4)c4ccc(-c5cc6ccccc6c6ccccc56)cc4)cc3)c3ccccc23)CC1.